The summed E-state index contributed by atoms with van der Waals surface area (Å²) in [5.41, 5.74) is 1.18. The van der Waals surface area contributed by atoms with Crippen LogP contribution in [-0.4, -0.2) is 23.0 Å². The van der Waals surface area contributed by atoms with Gasteiger partial charge in [0, 0.05) is 12.8 Å². The molecule has 1 aliphatic heterocycles. The molecule has 1 aromatic heterocycles. The molecule has 3 nitrogen and oxygen atoms in total. The molecular weight excluding hydrogens is 176 g/mol. The van der Waals surface area contributed by atoms with Crippen LogP contribution >= 0.6 is 0 Å². The van der Waals surface area contributed by atoms with Crippen LogP contribution in [0.4, 0.5) is 0 Å². The van der Waals surface area contributed by atoms with Crippen molar-refractivity contribution in [1.29, 1.82) is 0 Å². The van der Waals surface area contributed by atoms with Crippen molar-refractivity contribution in [3.05, 3.63) is 18.0 Å². The van der Waals surface area contributed by atoms with Gasteiger partial charge in [0.15, 0.2) is 0 Å². The van der Waals surface area contributed by atoms with Gasteiger partial charge in [-0.1, -0.05) is 13.8 Å². The quantitative estimate of drug-likeness (QED) is 0.722. The second-order valence-electron chi connectivity index (χ2n) is 4.25. The summed E-state index contributed by atoms with van der Waals surface area (Å²) in [5.74, 6) is 0.515. The average molecular weight is 194 g/mol. The van der Waals surface area contributed by atoms with Crippen molar-refractivity contribution in [2.45, 2.75) is 38.6 Å². The standard InChI is InChI=1S/C11H18N2O/c1-9(2)11-5-6-13(12-11)10-4-3-7-14-8-10/h5-6,9-10H,3-4,7-8H2,1-2H3/t10-/m0/s1. The molecule has 0 amide bonds. The van der Waals surface area contributed by atoms with Gasteiger partial charge in [0.1, 0.15) is 0 Å². The van der Waals surface area contributed by atoms with E-state index in [1.165, 1.54) is 12.1 Å². The van der Waals surface area contributed by atoms with Crippen molar-refractivity contribution in [1.82, 2.24) is 9.78 Å². The van der Waals surface area contributed by atoms with E-state index in [9.17, 15) is 0 Å². The van der Waals surface area contributed by atoms with E-state index in [4.69, 9.17) is 4.74 Å². The molecular formula is C11H18N2O. The first-order valence-electron chi connectivity index (χ1n) is 5.40. The molecule has 0 aliphatic carbocycles. The van der Waals surface area contributed by atoms with Crippen LogP contribution in [0.2, 0.25) is 0 Å². The number of rotatable bonds is 2. The summed E-state index contributed by atoms with van der Waals surface area (Å²) < 4.78 is 7.51. The van der Waals surface area contributed by atoms with Gasteiger partial charge in [-0.2, -0.15) is 5.10 Å². The van der Waals surface area contributed by atoms with Crippen LogP contribution in [0.25, 0.3) is 0 Å². The zero-order chi connectivity index (χ0) is 9.97. The van der Waals surface area contributed by atoms with Crippen LogP contribution in [0, 0.1) is 0 Å². The Hall–Kier alpha value is -0.830. The molecule has 0 unspecified atom stereocenters. The Bertz CT molecular complexity index is 287. The highest BCUT2D eigenvalue weighted by atomic mass is 16.5. The first kappa shape index (κ1) is 9.71. The molecule has 2 heterocycles. The van der Waals surface area contributed by atoms with E-state index in [1.54, 1.807) is 0 Å². The lowest BCUT2D eigenvalue weighted by Gasteiger charge is -2.22. The van der Waals surface area contributed by atoms with Gasteiger partial charge in [0.2, 0.25) is 0 Å². The van der Waals surface area contributed by atoms with Gasteiger partial charge in [0.25, 0.3) is 0 Å². The van der Waals surface area contributed by atoms with Gasteiger partial charge < -0.3 is 4.74 Å². The predicted octanol–water partition coefficient (Wildman–Crippen LogP) is 2.36. The molecule has 1 atom stereocenters. The van der Waals surface area contributed by atoms with Gasteiger partial charge >= 0.3 is 0 Å². The smallest absolute Gasteiger partial charge is 0.0753 e. The van der Waals surface area contributed by atoms with E-state index in [1.807, 2.05) is 0 Å². The molecule has 0 radical (unpaired) electrons. The third kappa shape index (κ3) is 1.98. The zero-order valence-corrected chi connectivity index (χ0v) is 8.94. The predicted molar refractivity (Wildman–Crippen MR) is 55.4 cm³/mol. The summed E-state index contributed by atoms with van der Waals surface area (Å²) in [6, 6.07) is 2.57. The van der Waals surface area contributed by atoms with Crippen LogP contribution < -0.4 is 0 Å². The zero-order valence-electron chi connectivity index (χ0n) is 8.94. The van der Waals surface area contributed by atoms with Crippen molar-refractivity contribution < 1.29 is 4.74 Å². The maximum atomic E-state index is 5.45. The molecule has 0 spiro atoms. The van der Waals surface area contributed by atoms with Crippen molar-refractivity contribution in [3.8, 4) is 0 Å². The summed E-state index contributed by atoms with van der Waals surface area (Å²) in [4.78, 5) is 0. The average Bonchev–Trinajstić information content (AvgIpc) is 2.68. The van der Waals surface area contributed by atoms with Gasteiger partial charge in [-0.15, -0.1) is 0 Å². The fraction of sp³-hybridized carbons (Fsp3) is 0.727. The largest absolute Gasteiger partial charge is 0.379 e. The number of hydrogen-bond donors (Lipinski definition) is 0. The number of hydrogen-bond acceptors (Lipinski definition) is 2. The van der Waals surface area contributed by atoms with Crippen LogP contribution in [0.5, 0.6) is 0 Å². The minimum absolute atomic E-state index is 0.455. The molecule has 1 fully saturated rings. The minimum Gasteiger partial charge on any atom is -0.379 e. The SMILES string of the molecule is CC(C)c1ccn([C@H]2CCCOC2)n1. The van der Waals surface area contributed by atoms with Gasteiger partial charge in [-0.25, -0.2) is 0 Å². The third-order valence-electron chi connectivity index (χ3n) is 2.73. The van der Waals surface area contributed by atoms with Crippen molar-refractivity contribution in [2.24, 2.45) is 0 Å². The van der Waals surface area contributed by atoms with E-state index in [0.29, 0.717) is 12.0 Å². The third-order valence-corrected chi connectivity index (χ3v) is 2.73. The highest BCUT2D eigenvalue weighted by molar-refractivity contribution is 5.04. The lowest BCUT2D eigenvalue weighted by atomic mass is 10.1. The van der Waals surface area contributed by atoms with Crippen LogP contribution in [-0.2, 0) is 4.74 Å². The molecule has 1 saturated heterocycles. The fourth-order valence-electron chi connectivity index (χ4n) is 1.80. The monoisotopic (exact) mass is 194 g/mol. The van der Waals surface area contributed by atoms with E-state index < -0.39 is 0 Å². The van der Waals surface area contributed by atoms with E-state index >= 15 is 0 Å². The second kappa shape index (κ2) is 4.13. The lowest BCUT2D eigenvalue weighted by molar-refractivity contribution is 0.0548. The topological polar surface area (TPSA) is 27.1 Å². The molecule has 1 aliphatic rings. The summed E-state index contributed by atoms with van der Waals surface area (Å²) in [5, 5.41) is 4.57. The molecule has 0 saturated carbocycles. The maximum absolute atomic E-state index is 5.45. The fourth-order valence-corrected chi connectivity index (χ4v) is 1.80. The lowest BCUT2D eigenvalue weighted by Crippen LogP contribution is -2.21. The summed E-state index contributed by atoms with van der Waals surface area (Å²) >= 11 is 0. The first-order valence-corrected chi connectivity index (χ1v) is 5.40. The Morgan fingerprint density at radius 1 is 1.57 bits per heavy atom. The maximum Gasteiger partial charge on any atom is 0.0753 e. The van der Waals surface area contributed by atoms with Crippen LogP contribution in [0.15, 0.2) is 12.3 Å². The van der Waals surface area contributed by atoms with Gasteiger partial charge in [0.05, 0.1) is 18.3 Å². The van der Waals surface area contributed by atoms with E-state index in [2.05, 4.69) is 35.9 Å². The molecule has 2 rings (SSSR count). The molecule has 0 N–H and O–H groups in total. The highest BCUT2D eigenvalue weighted by Crippen LogP contribution is 2.20. The molecule has 0 bridgehead atoms. The molecule has 3 heteroatoms. The second-order valence-corrected chi connectivity index (χ2v) is 4.25. The highest BCUT2D eigenvalue weighted by Gasteiger charge is 2.16. The Morgan fingerprint density at radius 3 is 3.00 bits per heavy atom. The van der Waals surface area contributed by atoms with Crippen LogP contribution in [0.3, 0.4) is 0 Å². The summed E-state index contributed by atoms with van der Waals surface area (Å²) in [7, 11) is 0. The Balaban J connectivity index is 2.07. The Morgan fingerprint density at radius 2 is 2.43 bits per heavy atom. The van der Waals surface area contributed by atoms with Crippen molar-refractivity contribution in [2.75, 3.05) is 13.2 Å². The first-order chi connectivity index (χ1) is 6.77. The number of aromatic nitrogens is 2. The number of ether oxygens (including phenoxy) is 1. The van der Waals surface area contributed by atoms with Gasteiger partial charge in [-0.3, -0.25) is 4.68 Å². The Kier molecular flexibility index (Phi) is 2.87. The van der Waals surface area contributed by atoms with Crippen molar-refractivity contribution >= 4 is 0 Å². The normalized spacial score (nSPS) is 22.9. The minimum atomic E-state index is 0.455. The van der Waals surface area contributed by atoms with Crippen LogP contribution in [0.1, 0.15) is 44.3 Å². The van der Waals surface area contributed by atoms with Crippen molar-refractivity contribution in [3.63, 3.8) is 0 Å². The van der Waals surface area contributed by atoms with Gasteiger partial charge in [-0.05, 0) is 24.8 Å². The molecule has 78 valence electrons. The summed E-state index contributed by atoms with van der Waals surface area (Å²) in [6.07, 6.45) is 4.43. The number of nitrogens with zero attached hydrogens (tertiary/aromatic N) is 2. The Labute approximate surface area is 85.1 Å². The molecule has 1 aromatic rings. The molecule has 14 heavy (non-hydrogen) atoms. The molecule has 0 aromatic carbocycles. The van der Waals surface area contributed by atoms with E-state index in [0.717, 1.165) is 19.6 Å². The summed E-state index contributed by atoms with van der Waals surface area (Å²) in [6.45, 7) is 6.07. The van der Waals surface area contributed by atoms with E-state index in [-0.39, 0.29) is 0 Å².